The predicted molar refractivity (Wildman–Crippen MR) is 71.4 cm³/mol. The van der Waals surface area contributed by atoms with E-state index in [1.54, 1.807) is 0 Å². The number of H-pyrrole nitrogens is 1. The second-order valence-electron chi connectivity index (χ2n) is 5.11. The van der Waals surface area contributed by atoms with Crippen LogP contribution in [0.1, 0.15) is 12.1 Å². The lowest BCUT2D eigenvalue weighted by atomic mass is 10.1. The van der Waals surface area contributed by atoms with E-state index in [1.165, 1.54) is 24.3 Å². The van der Waals surface area contributed by atoms with E-state index in [4.69, 9.17) is 9.84 Å². The van der Waals surface area contributed by atoms with Crippen LogP contribution in [0.5, 0.6) is 0 Å². The molecule has 0 unspecified atom stereocenters. The van der Waals surface area contributed by atoms with Crippen molar-refractivity contribution in [1.29, 1.82) is 0 Å². The second kappa shape index (κ2) is 4.78. The zero-order valence-electron chi connectivity index (χ0n) is 10.9. The molecule has 1 aromatic carbocycles. The maximum atomic E-state index is 10.8. The number of aliphatic hydroxyl groups excluding tert-OH is 2. The van der Waals surface area contributed by atoms with Crippen LogP contribution in [0.15, 0.2) is 24.3 Å². The van der Waals surface area contributed by atoms with E-state index in [9.17, 15) is 20.3 Å². The Hall–Kier alpha value is -2.00. The summed E-state index contributed by atoms with van der Waals surface area (Å²) in [5.41, 5.74) is 0.836. The van der Waals surface area contributed by atoms with Crippen LogP contribution in [0, 0.1) is 10.1 Å². The molecule has 8 heteroatoms. The molecule has 4 N–H and O–H groups in total. The van der Waals surface area contributed by atoms with E-state index in [0.29, 0.717) is 10.9 Å². The maximum absolute atomic E-state index is 10.8. The molecule has 1 saturated heterocycles. The van der Waals surface area contributed by atoms with Crippen LogP contribution in [0.4, 0.5) is 5.69 Å². The lowest BCUT2D eigenvalue weighted by Gasteiger charge is -2.21. The molecular weight excluding hydrogens is 280 g/mol. The smallest absolute Gasteiger partial charge is 0.270 e. The van der Waals surface area contributed by atoms with Crippen molar-refractivity contribution in [2.45, 2.75) is 24.4 Å². The first-order valence-corrected chi connectivity index (χ1v) is 6.40. The molecule has 112 valence electrons. The van der Waals surface area contributed by atoms with Crippen LogP contribution in [0.2, 0.25) is 0 Å². The average Bonchev–Trinajstić information content (AvgIpc) is 2.99. The highest BCUT2D eigenvalue weighted by Crippen LogP contribution is 2.38. The van der Waals surface area contributed by atoms with Gasteiger partial charge in [0.2, 0.25) is 5.79 Å². The molecule has 3 atom stereocenters. The van der Waals surface area contributed by atoms with Crippen molar-refractivity contribution in [3.8, 4) is 0 Å². The van der Waals surface area contributed by atoms with Crippen LogP contribution in [0.3, 0.4) is 0 Å². The summed E-state index contributed by atoms with van der Waals surface area (Å²) in [7, 11) is 0. The van der Waals surface area contributed by atoms with E-state index in [1.807, 2.05) is 0 Å². The Kier molecular flexibility index (Phi) is 3.18. The van der Waals surface area contributed by atoms with Gasteiger partial charge in [0, 0.05) is 29.5 Å². The Morgan fingerprint density at radius 2 is 2.24 bits per heavy atom. The summed E-state index contributed by atoms with van der Waals surface area (Å²) in [6.45, 7) is -0.408. The number of hydrogen-bond donors (Lipinski definition) is 4. The first-order chi connectivity index (χ1) is 9.93. The molecule has 0 amide bonds. The number of aliphatic hydroxyl groups is 3. The number of aromatic nitrogens is 1. The predicted octanol–water partition coefficient (Wildman–Crippen LogP) is 0.363. The summed E-state index contributed by atoms with van der Waals surface area (Å²) in [4.78, 5) is 13.2. The highest BCUT2D eigenvalue weighted by Gasteiger charge is 2.46. The molecule has 2 heterocycles. The minimum Gasteiger partial charge on any atom is -0.394 e. The Morgan fingerprint density at radius 3 is 2.86 bits per heavy atom. The van der Waals surface area contributed by atoms with Gasteiger partial charge in [-0.3, -0.25) is 10.1 Å². The number of nitro benzene ring substituents is 1. The minimum atomic E-state index is -1.75. The second-order valence-corrected chi connectivity index (χ2v) is 5.11. The number of non-ortho nitro benzene ring substituents is 1. The molecule has 21 heavy (non-hydrogen) atoms. The van der Waals surface area contributed by atoms with Gasteiger partial charge in [-0.25, -0.2) is 0 Å². The summed E-state index contributed by atoms with van der Waals surface area (Å²) >= 11 is 0. The van der Waals surface area contributed by atoms with E-state index in [2.05, 4.69) is 4.98 Å². The molecule has 3 rings (SSSR count). The van der Waals surface area contributed by atoms with Crippen molar-refractivity contribution in [3.63, 3.8) is 0 Å². The molecule has 1 aliphatic heterocycles. The fraction of sp³-hybridized carbons (Fsp3) is 0.385. The lowest BCUT2D eigenvalue weighted by molar-refractivity contribution is -0.384. The molecule has 1 aromatic heterocycles. The van der Waals surface area contributed by atoms with Crippen LogP contribution in [-0.4, -0.2) is 44.0 Å². The van der Waals surface area contributed by atoms with Gasteiger partial charge in [-0.1, -0.05) is 0 Å². The zero-order chi connectivity index (χ0) is 15.2. The first-order valence-electron chi connectivity index (χ1n) is 6.40. The van der Waals surface area contributed by atoms with E-state index in [-0.39, 0.29) is 17.8 Å². The van der Waals surface area contributed by atoms with Crippen molar-refractivity contribution in [2.75, 3.05) is 6.61 Å². The largest absolute Gasteiger partial charge is 0.394 e. The highest BCUT2D eigenvalue weighted by atomic mass is 16.7. The van der Waals surface area contributed by atoms with E-state index in [0.717, 1.165) is 0 Å². The Labute approximate surface area is 118 Å². The molecule has 0 saturated carbocycles. The number of rotatable bonds is 3. The van der Waals surface area contributed by atoms with Crippen molar-refractivity contribution in [3.05, 3.63) is 40.1 Å². The van der Waals surface area contributed by atoms with Crippen molar-refractivity contribution in [2.24, 2.45) is 0 Å². The van der Waals surface area contributed by atoms with Gasteiger partial charge in [0.25, 0.3) is 5.69 Å². The number of nitrogens with zero attached hydrogens (tertiary/aromatic N) is 1. The molecule has 1 aliphatic rings. The minimum absolute atomic E-state index is 0.0550. The fourth-order valence-electron chi connectivity index (χ4n) is 2.57. The monoisotopic (exact) mass is 294 g/mol. The highest BCUT2D eigenvalue weighted by molar-refractivity contribution is 5.83. The molecular formula is C13H14N2O6. The van der Waals surface area contributed by atoms with Gasteiger partial charge in [0.05, 0.1) is 23.3 Å². The topological polar surface area (TPSA) is 129 Å². The van der Waals surface area contributed by atoms with Crippen molar-refractivity contribution >= 4 is 16.6 Å². The van der Waals surface area contributed by atoms with Gasteiger partial charge in [-0.2, -0.15) is 0 Å². The number of ether oxygens (including phenoxy) is 1. The fourth-order valence-corrected chi connectivity index (χ4v) is 2.57. The number of aromatic amines is 1. The zero-order valence-corrected chi connectivity index (χ0v) is 10.9. The number of nitro groups is 1. The normalized spacial score (nSPS) is 29.1. The third kappa shape index (κ3) is 2.28. The van der Waals surface area contributed by atoms with Gasteiger partial charge < -0.3 is 25.0 Å². The average molecular weight is 294 g/mol. The van der Waals surface area contributed by atoms with Crippen LogP contribution >= 0.6 is 0 Å². The third-order valence-electron chi connectivity index (χ3n) is 3.68. The standard InChI is InChI=1S/C13H14N2O6/c16-6-11-10(17)5-13(18,21-11)12-4-7-3-8(15(19)20)1-2-9(7)14-12/h1-4,10-11,14,16-18H,5-6H2/t10-,11+,13-/m0/s1. The number of benzene rings is 1. The Bertz CT molecular complexity index is 699. The van der Waals surface area contributed by atoms with Crippen molar-refractivity contribution < 1.29 is 25.0 Å². The van der Waals surface area contributed by atoms with E-state index >= 15 is 0 Å². The van der Waals surface area contributed by atoms with Gasteiger partial charge in [-0.05, 0) is 12.1 Å². The van der Waals surface area contributed by atoms with Crippen molar-refractivity contribution in [1.82, 2.24) is 4.98 Å². The van der Waals surface area contributed by atoms with Crippen LogP contribution in [-0.2, 0) is 10.5 Å². The quantitative estimate of drug-likeness (QED) is 0.478. The van der Waals surface area contributed by atoms with E-state index < -0.39 is 29.5 Å². The molecule has 2 aromatic rings. The lowest BCUT2D eigenvalue weighted by Crippen LogP contribution is -2.27. The number of nitrogens with one attached hydrogen (secondary N) is 1. The molecule has 0 spiro atoms. The summed E-state index contributed by atoms with van der Waals surface area (Å²) < 4.78 is 5.29. The van der Waals surface area contributed by atoms with Crippen LogP contribution < -0.4 is 0 Å². The van der Waals surface area contributed by atoms with Crippen LogP contribution in [0.25, 0.3) is 10.9 Å². The van der Waals surface area contributed by atoms with Gasteiger partial charge in [0.15, 0.2) is 0 Å². The summed E-state index contributed by atoms with van der Waals surface area (Å²) in [6.07, 6.45) is -1.94. The Balaban J connectivity index is 1.99. The van der Waals surface area contributed by atoms with Gasteiger partial charge >= 0.3 is 0 Å². The Morgan fingerprint density at radius 1 is 1.48 bits per heavy atom. The molecule has 8 nitrogen and oxygen atoms in total. The van der Waals surface area contributed by atoms with Gasteiger partial charge in [0.1, 0.15) is 6.10 Å². The number of fused-ring (bicyclic) bond motifs is 1. The molecule has 0 aliphatic carbocycles. The maximum Gasteiger partial charge on any atom is 0.270 e. The van der Waals surface area contributed by atoms with Gasteiger partial charge in [-0.15, -0.1) is 0 Å². The number of hydrogen-bond acceptors (Lipinski definition) is 6. The third-order valence-corrected chi connectivity index (χ3v) is 3.68. The SMILES string of the molecule is O=[N+]([O-])c1ccc2[nH]c([C@]3(O)C[C@H](O)[C@@H](CO)O3)cc2c1. The summed E-state index contributed by atoms with van der Waals surface area (Å²) in [5.74, 6) is -1.75. The first kappa shape index (κ1) is 14.0. The summed E-state index contributed by atoms with van der Waals surface area (Å²) in [5, 5.41) is 40.6. The summed E-state index contributed by atoms with van der Waals surface area (Å²) in [6, 6.07) is 5.81. The molecule has 0 bridgehead atoms. The molecule has 1 fully saturated rings. The molecule has 0 radical (unpaired) electrons.